The predicted octanol–water partition coefficient (Wildman–Crippen LogP) is 4.93. The molecule has 3 nitrogen and oxygen atoms in total. The first-order chi connectivity index (χ1) is 9.63. The Hall–Kier alpha value is -1.72. The molecule has 0 saturated heterocycles. The van der Waals surface area contributed by atoms with Gasteiger partial charge in [0.25, 0.3) is 0 Å². The topological polar surface area (TPSA) is 37.8 Å². The Labute approximate surface area is 127 Å². The van der Waals surface area contributed by atoms with Gasteiger partial charge in [0.05, 0.1) is 11.2 Å². The number of halogens is 3. The van der Waals surface area contributed by atoms with Crippen LogP contribution in [0, 0.1) is 5.82 Å². The number of rotatable bonds is 2. The van der Waals surface area contributed by atoms with Crippen molar-refractivity contribution in [2.75, 3.05) is 5.32 Å². The van der Waals surface area contributed by atoms with Gasteiger partial charge in [0.1, 0.15) is 18.0 Å². The summed E-state index contributed by atoms with van der Waals surface area (Å²) in [6.07, 6.45) is 1.43. The molecule has 0 bridgehead atoms. The quantitative estimate of drug-likeness (QED) is 0.711. The van der Waals surface area contributed by atoms with E-state index in [1.165, 1.54) is 12.4 Å². The molecule has 1 N–H and O–H groups in total. The lowest BCUT2D eigenvalue weighted by Crippen LogP contribution is -1.98. The van der Waals surface area contributed by atoms with Crippen molar-refractivity contribution < 1.29 is 4.39 Å². The molecule has 0 aliphatic heterocycles. The van der Waals surface area contributed by atoms with Crippen molar-refractivity contribution in [2.24, 2.45) is 0 Å². The summed E-state index contributed by atoms with van der Waals surface area (Å²) in [6.45, 7) is 0. The number of anilines is 2. The third-order valence-corrected chi connectivity index (χ3v) is 3.51. The van der Waals surface area contributed by atoms with Gasteiger partial charge in [0.2, 0.25) is 0 Å². The number of nitrogens with one attached hydrogen (secondary N) is 1. The van der Waals surface area contributed by atoms with Crippen LogP contribution in [-0.4, -0.2) is 9.97 Å². The van der Waals surface area contributed by atoms with Crippen LogP contribution >= 0.6 is 27.5 Å². The Morgan fingerprint density at radius 3 is 2.75 bits per heavy atom. The molecule has 3 rings (SSSR count). The zero-order valence-corrected chi connectivity index (χ0v) is 12.4. The normalized spacial score (nSPS) is 10.8. The van der Waals surface area contributed by atoms with Crippen LogP contribution < -0.4 is 5.32 Å². The lowest BCUT2D eigenvalue weighted by molar-refractivity contribution is 0.631. The average Bonchev–Trinajstić information content (AvgIpc) is 2.42. The molecule has 0 aliphatic rings. The fourth-order valence-corrected chi connectivity index (χ4v) is 2.35. The summed E-state index contributed by atoms with van der Waals surface area (Å²) in [5.41, 5.74) is 1.08. The summed E-state index contributed by atoms with van der Waals surface area (Å²) in [7, 11) is 0. The maximum Gasteiger partial charge on any atom is 0.147 e. The minimum atomic E-state index is -0.367. The van der Waals surface area contributed by atoms with E-state index in [1.54, 1.807) is 30.3 Å². The minimum absolute atomic E-state index is 0.341. The molecule has 1 aromatic heterocycles. The van der Waals surface area contributed by atoms with E-state index < -0.39 is 0 Å². The van der Waals surface area contributed by atoms with Crippen molar-refractivity contribution in [1.82, 2.24) is 9.97 Å². The first-order valence-corrected chi connectivity index (χ1v) is 6.93. The SMILES string of the molecule is Fc1cc(Br)ccc1Nc1ncnc2ccc(Cl)cc12. The Bertz CT molecular complexity index is 794. The molecule has 0 radical (unpaired) electrons. The Kier molecular flexibility index (Phi) is 3.54. The molecule has 3 aromatic rings. The average molecular weight is 353 g/mol. The molecule has 0 spiro atoms. The van der Waals surface area contributed by atoms with Crippen molar-refractivity contribution >= 4 is 49.9 Å². The molecule has 0 unspecified atom stereocenters. The number of hydrogen-bond donors (Lipinski definition) is 1. The Morgan fingerprint density at radius 1 is 1.10 bits per heavy atom. The molecule has 0 atom stereocenters. The van der Waals surface area contributed by atoms with Crippen LogP contribution in [0.15, 0.2) is 47.2 Å². The van der Waals surface area contributed by atoms with Gasteiger partial charge < -0.3 is 5.32 Å². The highest BCUT2D eigenvalue weighted by molar-refractivity contribution is 9.10. The smallest absolute Gasteiger partial charge is 0.147 e. The number of benzene rings is 2. The second-order valence-corrected chi connectivity index (χ2v) is 5.49. The van der Waals surface area contributed by atoms with E-state index in [0.29, 0.717) is 21.0 Å². The molecular formula is C14H8BrClFN3. The van der Waals surface area contributed by atoms with Gasteiger partial charge in [-0.2, -0.15) is 0 Å². The molecular weight excluding hydrogens is 345 g/mol. The van der Waals surface area contributed by atoms with Crippen molar-refractivity contribution in [1.29, 1.82) is 0 Å². The molecule has 6 heteroatoms. The van der Waals surface area contributed by atoms with E-state index in [0.717, 1.165) is 10.9 Å². The second-order valence-electron chi connectivity index (χ2n) is 4.13. The molecule has 20 heavy (non-hydrogen) atoms. The van der Waals surface area contributed by atoms with E-state index in [2.05, 4.69) is 31.2 Å². The molecule has 1 heterocycles. The van der Waals surface area contributed by atoms with Crippen LogP contribution in [0.2, 0.25) is 5.02 Å². The van der Waals surface area contributed by atoms with Crippen LogP contribution in [-0.2, 0) is 0 Å². The Balaban J connectivity index is 2.08. The van der Waals surface area contributed by atoms with Crippen LogP contribution in [0.5, 0.6) is 0 Å². The first-order valence-electron chi connectivity index (χ1n) is 5.76. The van der Waals surface area contributed by atoms with Gasteiger partial charge in [-0.15, -0.1) is 0 Å². The predicted molar refractivity (Wildman–Crippen MR) is 81.9 cm³/mol. The molecule has 2 aromatic carbocycles. The van der Waals surface area contributed by atoms with Crippen LogP contribution in [0.3, 0.4) is 0 Å². The lowest BCUT2D eigenvalue weighted by Gasteiger charge is -2.09. The third kappa shape index (κ3) is 2.59. The maximum absolute atomic E-state index is 13.9. The Morgan fingerprint density at radius 2 is 1.95 bits per heavy atom. The van der Waals surface area contributed by atoms with E-state index >= 15 is 0 Å². The molecule has 100 valence electrons. The van der Waals surface area contributed by atoms with Gasteiger partial charge in [-0.3, -0.25) is 0 Å². The van der Waals surface area contributed by atoms with E-state index in [9.17, 15) is 4.39 Å². The van der Waals surface area contributed by atoms with Crippen molar-refractivity contribution in [2.45, 2.75) is 0 Å². The van der Waals surface area contributed by atoms with Gasteiger partial charge in [-0.05, 0) is 36.4 Å². The summed E-state index contributed by atoms with van der Waals surface area (Å²) >= 11 is 9.20. The van der Waals surface area contributed by atoms with Gasteiger partial charge in [-0.1, -0.05) is 27.5 Å². The minimum Gasteiger partial charge on any atom is -0.337 e. The third-order valence-electron chi connectivity index (χ3n) is 2.78. The largest absolute Gasteiger partial charge is 0.337 e. The standard InChI is InChI=1S/C14H8BrClFN3/c15-8-1-3-13(11(17)5-8)20-14-10-6-9(16)2-4-12(10)18-7-19-14/h1-7H,(H,18,19,20). The number of nitrogens with zero attached hydrogens (tertiary/aromatic N) is 2. The van der Waals surface area contributed by atoms with Crippen LogP contribution in [0.4, 0.5) is 15.9 Å². The van der Waals surface area contributed by atoms with Gasteiger partial charge in [0, 0.05) is 14.9 Å². The van der Waals surface area contributed by atoms with Crippen molar-refractivity contribution in [3.8, 4) is 0 Å². The van der Waals surface area contributed by atoms with Crippen LogP contribution in [0.25, 0.3) is 10.9 Å². The number of hydrogen-bond acceptors (Lipinski definition) is 3. The molecule has 0 aliphatic carbocycles. The zero-order valence-electron chi connectivity index (χ0n) is 10.1. The zero-order chi connectivity index (χ0) is 14.1. The van der Waals surface area contributed by atoms with Crippen molar-refractivity contribution in [3.05, 3.63) is 58.0 Å². The van der Waals surface area contributed by atoms with E-state index in [-0.39, 0.29) is 5.82 Å². The maximum atomic E-state index is 13.9. The first kappa shape index (κ1) is 13.3. The summed E-state index contributed by atoms with van der Waals surface area (Å²) in [4.78, 5) is 8.30. The highest BCUT2D eigenvalue weighted by Crippen LogP contribution is 2.27. The number of fused-ring (bicyclic) bond motifs is 1. The lowest BCUT2D eigenvalue weighted by atomic mass is 10.2. The van der Waals surface area contributed by atoms with Crippen LogP contribution in [0.1, 0.15) is 0 Å². The fourth-order valence-electron chi connectivity index (χ4n) is 1.85. The van der Waals surface area contributed by atoms with Crippen molar-refractivity contribution in [3.63, 3.8) is 0 Å². The van der Waals surface area contributed by atoms with E-state index in [1.807, 2.05) is 0 Å². The summed E-state index contributed by atoms with van der Waals surface area (Å²) in [6, 6.07) is 10.1. The van der Waals surface area contributed by atoms with Gasteiger partial charge in [0.15, 0.2) is 0 Å². The highest BCUT2D eigenvalue weighted by atomic mass is 79.9. The summed E-state index contributed by atoms with van der Waals surface area (Å²) < 4.78 is 14.5. The second kappa shape index (κ2) is 5.34. The van der Waals surface area contributed by atoms with Gasteiger partial charge >= 0.3 is 0 Å². The number of aromatic nitrogens is 2. The monoisotopic (exact) mass is 351 g/mol. The highest BCUT2D eigenvalue weighted by Gasteiger charge is 2.08. The summed E-state index contributed by atoms with van der Waals surface area (Å²) in [5.74, 6) is 0.145. The van der Waals surface area contributed by atoms with Gasteiger partial charge in [-0.25, -0.2) is 14.4 Å². The molecule has 0 saturated carbocycles. The molecule has 0 fully saturated rings. The fraction of sp³-hybridized carbons (Fsp3) is 0. The molecule has 0 amide bonds. The van der Waals surface area contributed by atoms with E-state index in [4.69, 9.17) is 11.6 Å². The summed E-state index contributed by atoms with van der Waals surface area (Å²) in [5, 5.41) is 4.28.